The minimum absolute atomic E-state index is 0.177. The Kier molecular flexibility index (Phi) is 12.2. The first-order valence-electron chi connectivity index (χ1n) is 15.5. The maximum atomic E-state index is 11.1. The Morgan fingerprint density at radius 1 is 0.565 bits per heavy atom. The lowest BCUT2D eigenvalue weighted by Crippen LogP contribution is -2.26. The standard InChI is InChI=1S/C37H40N8O/c1-30-22-31(24-38-18-20-44(26-33-10-2-6-14-40-33)27-34-11-3-7-15-41-34)37(46)32(23-30)25-39-19-21-45(28-35-12-4-8-16-42-35)29-36-13-5-9-17-43-36/h2-17,22-25,46H,18-21,26-29H2,1H3. The summed E-state index contributed by atoms with van der Waals surface area (Å²) in [5.41, 5.74) is 6.38. The van der Waals surface area contributed by atoms with Crippen molar-refractivity contribution in [3.05, 3.63) is 149 Å². The number of pyridine rings is 4. The summed E-state index contributed by atoms with van der Waals surface area (Å²) < 4.78 is 0. The van der Waals surface area contributed by atoms with Crippen molar-refractivity contribution in [1.82, 2.24) is 29.7 Å². The van der Waals surface area contributed by atoms with Gasteiger partial charge in [-0.3, -0.25) is 39.7 Å². The normalized spacial score (nSPS) is 11.7. The van der Waals surface area contributed by atoms with Crippen molar-refractivity contribution in [2.24, 2.45) is 9.98 Å². The van der Waals surface area contributed by atoms with Crippen LogP contribution in [0, 0.1) is 6.92 Å². The zero-order chi connectivity index (χ0) is 31.8. The molecule has 0 saturated heterocycles. The number of rotatable bonds is 16. The molecule has 0 aliphatic heterocycles. The minimum Gasteiger partial charge on any atom is -0.507 e. The fraction of sp³-hybridized carbons (Fsp3) is 0.243. The van der Waals surface area contributed by atoms with Gasteiger partial charge in [0.25, 0.3) is 0 Å². The summed E-state index contributed by atoms with van der Waals surface area (Å²) in [5.74, 6) is 0.177. The molecule has 9 nitrogen and oxygen atoms in total. The summed E-state index contributed by atoms with van der Waals surface area (Å²) in [6.07, 6.45) is 10.8. The third kappa shape index (κ3) is 10.5. The van der Waals surface area contributed by atoms with Crippen LogP contribution in [0.1, 0.15) is 39.5 Å². The minimum atomic E-state index is 0.177. The van der Waals surface area contributed by atoms with E-state index < -0.39 is 0 Å². The second kappa shape index (κ2) is 17.4. The van der Waals surface area contributed by atoms with Crippen molar-refractivity contribution < 1.29 is 5.11 Å². The van der Waals surface area contributed by atoms with Crippen LogP contribution >= 0.6 is 0 Å². The number of aromatic nitrogens is 4. The van der Waals surface area contributed by atoms with E-state index >= 15 is 0 Å². The molecule has 0 aliphatic carbocycles. The van der Waals surface area contributed by atoms with Gasteiger partial charge >= 0.3 is 0 Å². The fourth-order valence-electron chi connectivity index (χ4n) is 5.07. The van der Waals surface area contributed by atoms with Crippen molar-refractivity contribution in [2.45, 2.75) is 33.1 Å². The van der Waals surface area contributed by atoms with Crippen molar-refractivity contribution in [1.29, 1.82) is 0 Å². The average molecular weight is 613 g/mol. The number of benzene rings is 1. The van der Waals surface area contributed by atoms with Crippen LogP contribution in [-0.2, 0) is 26.2 Å². The molecule has 0 fully saturated rings. The van der Waals surface area contributed by atoms with E-state index in [1.54, 1.807) is 12.4 Å². The molecule has 0 saturated carbocycles. The molecule has 0 aliphatic rings. The van der Waals surface area contributed by atoms with Crippen LogP contribution in [0.15, 0.2) is 120 Å². The molecule has 1 aromatic carbocycles. The van der Waals surface area contributed by atoms with E-state index in [9.17, 15) is 5.11 Å². The molecule has 1 N–H and O–H groups in total. The molecule has 0 bridgehead atoms. The largest absolute Gasteiger partial charge is 0.507 e. The molecule has 0 radical (unpaired) electrons. The highest BCUT2D eigenvalue weighted by Crippen LogP contribution is 2.22. The van der Waals surface area contributed by atoms with E-state index in [1.807, 2.05) is 117 Å². The quantitative estimate of drug-likeness (QED) is 0.146. The Morgan fingerprint density at radius 2 is 0.913 bits per heavy atom. The van der Waals surface area contributed by atoms with Crippen molar-refractivity contribution in [3.63, 3.8) is 0 Å². The smallest absolute Gasteiger partial charge is 0.133 e. The van der Waals surface area contributed by atoms with Crippen LogP contribution in [0.5, 0.6) is 5.75 Å². The summed E-state index contributed by atoms with van der Waals surface area (Å²) in [4.78, 5) is 31.9. The molecule has 5 aromatic rings. The number of aromatic hydroxyl groups is 1. The number of aliphatic imine (C=N–C) groups is 2. The number of phenolic OH excluding ortho intramolecular Hbond substituents is 1. The van der Waals surface area contributed by atoms with Crippen LogP contribution in [-0.4, -0.2) is 73.5 Å². The van der Waals surface area contributed by atoms with E-state index in [-0.39, 0.29) is 5.75 Å². The highest BCUT2D eigenvalue weighted by molar-refractivity contribution is 5.92. The molecule has 0 spiro atoms. The molecule has 4 heterocycles. The van der Waals surface area contributed by atoms with Crippen molar-refractivity contribution in [3.8, 4) is 5.75 Å². The average Bonchev–Trinajstić information content (AvgIpc) is 3.08. The van der Waals surface area contributed by atoms with Crippen LogP contribution in [0.3, 0.4) is 0 Å². The summed E-state index contributed by atoms with van der Waals surface area (Å²) in [5, 5.41) is 11.1. The number of hydrogen-bond acceptors (Lipinski definition) is 9. The second-order valence-corrected chi connectivity index (χ2v) is 11.1. The monoisotopic (exact) mass is 612 g/mol. The van der Waals surface area contributed by atoms with Crippen LogP contribution in [0.25, 0.3) is 0 Å². The third-order valence-electron chi connectivity index (χ3n) is 7.31. The molecule has 0 atom stereocenters. The number of aryl methyl sites for hydroxylation is 1. The van der Waals surface area contributed by atoms with Gasteiger partial charge in [0, 0.05) is 87.6 Å². The molecular formula is C37H40N8O. The van der Waals surface area contributed by atoms with Gasteiger partial charge in [0.15, 0.2) is 0 Å². The summed E-state index contributed by atoms with van der Waals surface area (Å²) in [6, 6.07) is 27.7. The van der Waals surface area contributed by atoms with Gasteiger partial charge in [-0.15, -0.1) is 0 Å². The first kappa shape index (κ1) is 32.3. The van der Waals surface area contributed by atoms with Gasteiger partial charge in [-0.05, 0) is 73.2 Å². The Morgan fingerprint density at radius 3 is 1.22 bits per heavy atom. The first-order valence-corrected chi connectivity index (χ1v) is 15.5. The molecule has 46 heavy (non-hydrogen) atoms. The Labute approximate surface area is 271 Å². The summed E-state index contributed by atoms with van der Waals surface area (Å²) >= 11 is 0. The van der Waals surface area contributed by atoms with Crippen LogP contribution in [0.4, 0.5) is 0 Å². The molecule has 0 unspecified atom stereocenters. The van der Waals surface area contributed by atoms with Crippen molar-refractivity contribution >= 4 is 12.4 Å². The van der Waals surface area contributed by atoms with Crippen LogP contribution in [0.2, 0.25) is 0 Å². The van der Waals surface area contributed by atoms with E-state index in [0.717, 1.165) is 41.4 Å². The van der Waals surface area contributed by atoms with Gasteiger partial charge in [0.1, 0.15) is 5.75 Å². The fourth-order valence-corrected chi connectivity index (χ4v) is 5.07. The lowest BCUT2D eigenvalue weighted by molar-refractivity contribution is 0.258. The Bertz CT molecular complexity index is 1460. The van der Waals surface area contributed by atoms with E-state index in [0.29, 0.717) is 50.4 Å². The molecule has 234 valence electrons. The van der Waals surface area contributed by atoms with Gasteiger partial charge in [-0.25, -0.2) is 0 Å². The second-order valence-electron chi connectivity index (χ2n) is 11.1. The Balaban J connectivity index is 1.19. The molecule has 9 heteroatoms. The zero-order valence-electron chi connectivity index (χ0n) is 26.2. The lowest BCUT2D eigenvalue weighted by atomic mass is 10.1. The van der Waals surface area contributed by atoms with Crippen molar-refractivity contribution in [2.75, 3.05) is 26.2 Å². The first-order chi connectivity index (χ1) is 22.6. The Hall–Kier alpha value is -5.12. The SMILES string of the molecule is Cc1cc(C=NCCN(Cc2ccccn2)Cc2ccccn2)c(O)c(C=NCCN(Cc2ccccn2)Cc2ccccn2)c1. The number of phenols is 1. The maximum Gasteiger partial charge on any atom is 0.133 e. The predicted molar refractivity (Wildman–Crippen MR) is 183 cm³/mol. The van der Waals surface area contributed by atoms with Gasteiger partial charge < -0.3 is 5.11 Å². The van der Waals surface area contributed by atoms with E-state index in [2.05, 4.69) is 39.7 Å². The summed E-state index contributed by atoms with van der Waals surface area (Å²) in [7, 11) is 0. The number of nitrogens with zero attached hydrogens (tertiary/aromatic N) is 8. The van der Waals surface area contributed by atoms with Gasteiger partial charge in [-0.1, -0.05) is 24.3 Å². The highest BCUT2D eigenvalue weighted by Gasteiger charge is 2.11. The molecule has 5 rings (SSSR count). The molecule has 0 amide bonds. The van der Waals surface area contributed by atoms with Gasteiger partial charge in [0.05, 0.1) is 35.9 Å². The zero-order valence-corrected chi connectivity index (χ0v) is 26.2. The van der Waals surface area contributed by atoms with E-state index in [4.69, 9.17) is 0 Å². The third-order valence-corrected chi connectivity index (χ3v) is 7.31. The predicted octanol–water partition coefficient (Wildman–Crippen LogP) is 5.52. The lowest BCUT2D eigenvalue weighted by Gasteiger charge is -2.20. The molecular weight excluding hydrogens is 572 g/mol. The van der Waals surface area contributed by atoms with Crippen LogP contribution < -0.4 is 0 Å². The molecule has 4 aromatic heterocycles. The van der Waals surface area contributed by atoms with Gasteiger partial charge in [-0.2, -0.15) is 0 Å². The topological polar surface area (TPSA) is 103 Å². The maximum absolute atomic E-state index is 11.1. The summed E-state index contributed by atoms with van der Waals surface area (Å²) in [6.45, 7) is 7.38. The highest BCUT2D eigenvalue weighted by atomic mass is 16.3. The number of hydrogen-bond donors (Lipinski definition) is 1. The van der Waals surface area contributed by atoms with E-state index in [1.165, 1.54) is 0 Å². The van der Waals surface area contributed by atoms with Gasteiger partial charge in [0.2, 0.25) is 0 Å².